The molecule has 1 aliphatic rings. The van der Waals surface area contributed by atoms with Gasteiger partial charge in [0.25, 0.3) is 11.8 Å². The number of nitrogens with zero attached hydrogens (tertiary/aromatic N) is 1. The average Bonchev–Trinajstić information content (AvgIpc) is 3.14. The van der Waals surface area contributed by atoms with Gasteiger partial charge in [0.05, 0.1) is 10.6 Å². The van der Waals surface area contributed by atoms with Gasteiger partial charge in [0.2, 0.25) is 0 Å². The number of hydrogen-bond donors (Lipinski definition) is 2. The molecule has 0 spiro atoms. The van der Waals surface area contributed by atoms with Gasteiger partial charge in [0.15, 0.2) is 11.8 Å². The number of rotatable bonds is 6. The minimum absolute atomic E-state index is 0.103. The van der Waals surface area contributed by atoms with E-state index in [1.807, 2.05) is 54.6 Å². The summed E-state index contributed by atoms with van der Waals surface area (Å²) in [6.45, 7) is -0.103. The number of amides is 2. The molecular weight excluding hydrogens is 490 g/mol. The molecule has 0 radical (unpaired) electrons. The summed E-state index contributed by atoms with van der Waals surface area (Å²) in [5.74, 6) is 0.130. The summed E-state index contributed by atoms with van der Waals surface area (Å²) in [6, 6.07) is 23.9. The van der Waals surface area contributed by atoms with Crippen molar-refractivity contribution in [2.45, 2.75) is 0 Å². The summed E-state index contributed by atoms with van der Waals surface area (Å²) in [5, 5.41) is 6.09. The van der Waals surface area contributed by atoms with Gasteiger partial charge in [-0.25, -0.2) is 4.99 Å². The Hall–Kier alpha value is -3.36. The number of anilines is 1. The summed E-state index contributed by atoms with van der Waals surface area (Å²) in [5.41, 5.74) is 2.32. The van der Waals surface area contributed by atoms with E-state index in [9.17, 15) is 9.59 Å². The Morgan fingerprint density at radius 2 is 1.75 bits per heavy atom. The van der Waals surface area contributed by atoms with Gasteiger partial charge in [-0.15, -0.1) is 0 Å². The van der Waals surface area contributed by atoms with Crippen LogP contribution in [0.4, 0.5) is 11.4 Å². The maximum atomic E-state index is 12.2. The Labute approximate surface area is 197 Å². The van der Waals surface area contributed by atoms with Crippen LogP contribution in [0, 0.1) is 0 Å². The summed E-state index contributed by atoms with van der Waals surface area (Å²) in [4.78, 5) is 29.3. The summed E-state index contributed by atoms with van der Waals surface area (Å²) in [6.07, 6.45) is 1.79. The van der Waals surface area contributed by atoms with Crippen LogP contribution in [0.5, 0.6) is 5.75 Å². The number of benzene rings is 3. The lowest BCUT2D eigenvalue weighted by Crippen LogP contribution is -2.20. The van der Waals surface area contributed by atoms with Gasteiger partial charge in [-0.3, -0.25) is 9.59 Å². The number of amidine groups is 1. The highest BCUT2D eigenvalue weighted by Gasteiger charge is 2.23. The smallest absolute Gasteiger partial charge is 0.264 e. The molecule has 0 saturated carbocycles. The van der Waals surface area contributed by atoms with E-state index in [1.165, 1.54) is 11.8 Å². The zero-order valence-corrected chi connectivity index (χ0v) is 19.2. The standard InChI is InChI=1S/C24H18BrN3O3S/c25-17-8-10-19(11-9-17)26-22(29)15-31-20-12-6-16(7-13-20)14-21-23(30)28-24(32-21)27-18-4-2-1-3-5-18/h1-14H,15H2,(H,26,29)(H,27,28,30)/b21-14-. The van der Waals surface area contributed by atoms with E-state index in [0.29, 0.717) is 21.5 Å². The molecule has 1 aliphatic heterocycles. The molecule has 3 aromatic carbocycles. The Kier molecular flexibility index (Phi) is 7.03. The van der Waals surface area contributed by atoms with Crippen molar-refractivity contribution >= 4 is 62.1 Å². The number of halogens is 1. The van der Waals surface area contributed by atoms with Gasteiger partial charge in [0.1, 0.15) is 5.75 Å². The molecule has 1 fully saturated rings. The Bertz CT molecular complexity index is 1180. The first-order valence-electron chi connectivity index (χ1n) is 9.68. The highest BCUT2D eigenvalue weighted by molar-refractivity contribution is 9.10. The molecule has 0 aromatic heterocycles. The third kappa shape index (κ3) is 6.09. The molecule has 2 amide bonds. The van der Waals surface area contributed by atoms with Gasteiger partial charge in [-0.2, -0.15) is 0 Å². The van der Waals surface area contributed by atoms with Crippen LogP contribution in [-0.4, -0.2) is 23.6 Å². The average molecular weight is 508 g/mol. The highest BCUT2D eigenvalue weighted by atomic mass is 79.9. The minimum Gasteiger partial charge on any atom is -0.484 e. The number of hydrogen-bond acceptors (Lipinski definition) is 5. The van der Waals surface area contributed by atoms with Gasteiger partial charge in [-0.1, -0.05) is 46.3 Å². The molecule has 1 heterocycles. The lowest BCUT2D eigenvalue weighted by atomic mass is 10.2. The van der Waals surface area contributed by atoms with Crippen molar-refractivity contribution in [3.63, 3.8) is 0 Å². The molecule has 0 bridgehead atoms. The van der Waals surface area contributed by atoms with Gasteiger partial charge < -0.3 is 15.4 Å². The zero-order chi connectivity index (χ0) is 22.3. The molecule has 8 heteroatoms. The van der Waals surface area contributed by atoms with Crippen LogP contribution in [0.2, 0.25) is 0 Å². The second-order valence-corrected chi connectivity index (χ2v) is 8.68. The third-order valence-electron chi connectivity index (χ3n) is 4.31. The van der Waals surface area contributed by atoms with E-state index < -0.39 is 0 Å². The second-order valence-electron chi connectivity index (χ2n) is 6.73. The van der Waals surface area contributed by atoms with Crippen LogP contribution in [0.3, 0.4) is 0 Å². The normalized spacial score (nSPS) is 15.6. The zero-order valence-electron chi connectivity index (χ0n) is 16.7. The fourth-order valence-corrected chi connectivity index (χ4v) is 3.90. The Balaban J connectivity index is 1.32. The van der Waals surface area contributed by atoms with Gasteiger partial charge in [0, 0.05) is 10.2 Å². The van der Waals surface area contributed by atoms with Crippen molar-refractivity contribution in [2.24, 2.45) is 4.99 Å². The monoisotopic (exact) mass is 507 g/mol. The van der Waals surface area contributed by atoms with Crippen LogP contribution in [0.15, 0.2) is 93.2 Å². The quantitative estimate of drug-likeness (QED) is 0.440. The second kappa shape index (κ2) is 10.3. The number of nitrogens with one attached hydrogen (secondary N) is 2. The number of carbonyl (C=O) groups is 2. The summed E-state index contributed by atoms with van der Waals surface area (Å²) < 4.78 is 6.49. The van der Waals surface area contributed by atoms with Crippen LogP contribution in [0.1, 0.15) is 5.56 Å². The van der Waals surface area contributed by atoms with E-state index in [-0.39, 0.29) is 18.4 Å². The van der Waals surface area contributed by atoms with Crippen molar-refractivity contribution in [3.05, 3.63) is 93.8 Å². The number of carbonyl (C=O) groups excluding carboxylic acids is 2. The van der Waals surface area contributed by atoms with Crippen LogP contribution >= 0.6 is 27.7 Å². The predicted molar refractivity (Wildman–Crippen MR) is 132 cm³/mol. The fourth-order valence-electron chi connectivity index (χ4n) is 2.79. The maximum absolute atomic E-state index is 12.2. The van der Waals surface area contributed by atoms with Gasteiger partial charge >= 0.3 is 0 Å². The minimum atomic E-state index is -0.247. The molecule has 6 nitrogen and oxygen atoms in total. The first-order valence-corrected chi connectivity index (χ1v) is 11.3. The number of ether oxygens (including phenoxy) is 1. The van der Waals surface area contributed by atoms with E-state index >= 15 is 0 Å². The van der Waals surface area contributed by atoms with E-state index in [0.717, 1.165) is 15.7 Å². The Morgan fingerprint density at radius 3 is 2.47 bits per heavy atom. The Morgan fingerprint density at radius 1 is 1.03 bits per heavy atom. The van der Waals surface area contributed by atoms with Crippen LogP contribution in [-0.2, 0) is 9.59 Å². The third-order valence-corrected chi connectivity index (χ3v) is 5.75. The van der Waals surface area contributed by atoms with E-state index in [4.69, 9.17) is 4.74 Å². The predicted octanol–water partition coefficient (Wildman–Crippen LogP) is 5.36. The molecule has 160 valence electrons. The van der Waals surface area contributed by atoms with Crippen LogP contribution in [0.25, 0.3) is 6.08 Å². The molecule has 4 rings (SSSR count). The number of para-hydroxylation sites is 1. The summed E-state index contributed by atoms with van der Waals surface area (Å²) in [7, 11) is 0. The van der Waals surface area contributed by atoms with E-state index in [2.05, 4.69) is 31.6 Å². The molecule has 3 aromatic rings. The molecule has 2 N–H and O–H groups in total. The maximum Gasteiger partial charge on any atom is 0.264 e. The molecule has 1 saturated heterocycles. The SMILES string of the molecule is O=C(COc1ccc(/C=C2\SC(=Nc3ccccc3)NC2=O)cc1)Nc1ccc(Br)cc1. The summed E-state index contributed by atoms with van der Waals surface area (Å²) >= 11 is 4.65. The largest absolute Gasteiger partial charge is 0.484 e. The number of aliphatic imine (C=N–C) groups is 1. The lowest BCUT2D eigenvalue weighted by Gasteiger charge is -2.08. The topological polar surface area (TPSA) is 79.8 Å². The first-order chi connectivity index (χ1) is 15.5. The molecule has 32 heavy (non-hydrogen) atoms. The highest BCUT2D eigenvalue weighted by Crippen LogP contribution is 2.28. The van der Waals surface area contributed by atoms with E-state index in [1.54, 1.807) is 30.3 Å². The van der Waals surface area contributed by atoms with Crippen molar-refractivity contribution in [3.8, 4) is 5.75 Å². The first kappa shape index (κ1) is 21.9. The number of thioether (sulfide) groups is 1. The van der Waals surface area contributed by atoms with Crippen LogP contribution < -0.4 is 15.4 Å². The van der Waals surface area contributed by atoms with Crippen molar-refractivity contribution < 1.29 is 14.3 Å². The molecule has 0 aliphatic carbocycles. The molecular formula is C24H18BrN3O3S. The van der Waals surface area contributed by atoms with Crippen molar-refractivity contribution in [2.75, 3.05) is 11.9 Å². The lowest BCUT2D eigenvalue weighted by molar-refractivity contribution is -0.118. The van der Waals surface area contributed by atoms with Gasteiger partial charge in [-0.05, 0) is 71.9 Å². The fraction of sp³-hybridized carbons (Fsp3) is 0.0417. The molecule has 0 atom stereocenters. The molecule has 0 unspecified atom stereocenters. The van der Waals surface area contributed by atoms with Crippen molar-refractivity contribution in [1.29, 1.82) is 0 Å². The van der Waals surface area contributed by atoms with Crippen molar-refractivity contribution in [1.82, 2.24) is 5.32 Å².